The Balaban J connectivity index is 0.000000194. The Morgan fingerprint density at radius 2 is 1.86 bits per heavy atom. The minimum Gasteiger partial charge on any atom is -0.455 e. The zero-order chi connectivity index (χ0) is 19.6. The maximum absolute atomic E-state index is 11.4. The molecule has 138 valence electrons. The zero-order valence-electron chi connectivity index (χ0n) is 15.9. The Morgan fingerprint density at radius 1 is 1.11 bits per heavy atom. The van der Waals surface area contributed by atoms with Crippen molar-refractivity contribution in [2.24, 2.45) is 14.1 Å². The van der Waals surface area contributed by atoms with E-state index in [4.69, 9.17) is 0 Å². The maximum atomic E-state index is 11.4. The van der Waals surface area contributed by atoms with Crippen molar-refractivity contribution in [3.8, 4) is 11.3 Å². The minimum absolute atomic E-state index is 0. The van der Waals surface area contributed by atoms with Crippen LogP contribution in [0.2, 0.25) is 0 Å². The van der Waals surface area contributed by atoms with Gasteiger partial charge in [0.25, 0.3) is 0 Å². The van der Waals surface area contributed by atoms with E-state index in [1.54, 1.807) is 13.2 Å². The molecule has 1 N–H and O–H groups in total. The number of aryl methyl sites for hydroxylation is 2. The molecule has 0 atom stereocenters. The summed E-state index contributed by atoms with van der Waals surface area (Å²) in [6, 6.07) is 12.2. The molecule has 7 nitrogen and oxygen atoms in total. The van der Waals surface area contributed by atoms with Crippen LogP contribution in [0.15, 0.2) is 52.2 Å². The van der Waals surface area contributed by atoms with Gasteiger partial charge in [0.1, 0.15) is 0 Å². The van der Waals surface area contributed by atoms with Crippen LogP contribution >= 0.6 is 0 Å². The van der Waals surface area contributed by atoms with E-state index in [-0.39, 0.29) is 38.3 Å². The monoisotopic (exact) mass is 450 g/mol. The summed E-state index contributed by atoms with van der Waals surface area (Å²) >= 11 is 0. The Kier molecular flexibility index (Phi) is 7.10. The van der Waals surface area contributed by atoms with Crippen LogP contribution in [-0.4, -0.2) is 24.1 Å². The predicted octanol–water partition coefficient (Wildman–Crippen LogP) is 2.00. The molecule has 0 bridgehead atoms. The largest absolute Gasteiger partial charge is 3.00 e. The van der Waals surface area contributed by atoms with E-state index < -0.39 is 5.69 Å². The number of imidazole rings is 1. The van der Waals surface area contributed by atoms with Crippen LogP contribution in [0.1, 0.15) is 11.1 Å². The molecule has 4 rings (SSSR count). The van der Waals surface area contributed by atoms with E-state index in [0.29, 0.717) is 11.2 Å². The molecule has 0 saturated carbocycles. The van der Waals surface area contributed by atoms with Crippen LogP contribution in [-0.2, 0) is 46.8 Å². The molecule has 0 fully saturated rings. The molecule has 0 spiro atoms. The Hall–Kier alpha value is -2.51. The van der Waals surface area contributed by atoms with Crippen LogP contribution in [0.4, 0.5) is 0 Å². The summed E-state index contributed by atoms with van der Waals surface area (Å²) in [5, 5.41) is 0. The molecule has 0 unspecified atom stereocenters. The van der Waals surface area contributed by atoms with Crippen molar-refractivity contribution in [3.05, 3.63) is 87.8 Å². The molecule has 3 heterocycles. The van der Waals surface area contributed by atoms with Crippen molar-refractivity contribution in [3.63, 3.8) is 0 Å². The molecule has 3 aromatic heterocycles. The number of hydrogen-bond donors (Lipinski definition) is 1. The predicted molar refractivity (Wildman–Crippen MR) is 104 cm³/mol. The van der Waals surface area contributed by atoms with Crippen molar-refractivity contribution >= 4 is 11.2 Å². The first-order valence-corrected chi connectivity index (χ1v) is 8.25. The third-order valence-corrected chi connectivity index (χ3v) is 4.11. The number of aromatic amines is 1. The SMILES string of the molecule is Cn1c(=O)c2[nH][c-]nc2n(C)c1=O.[CH2-]c1ccnc(-c2cccc(C)c2)c1.[Y+3]. The fraction of sp³-hybridized carbons (Fsp3) is 0.150. The van der Waals surface area contributed by atoms with E-state index in [0.717, 1.165) is 21.4 Å². The second kappa shape index (κ2) is 9.12. The van der Waals surface area contributed by atoms with Gasteiger partial charge in [-0.25, -0.2) is 4.79 Å². The molecule has 0 saturated heterocycles. The summed E-state index contributed by atoms with van der Waals surface area (Å²) in [6.07, 6.45) is 4.22. The topological polar surface area (TPSA) is 85.6 Å². The average Bonchev–Trinajstić information content (AvgIpc) is 3.15. The molecule has 0 aliphatic heterocycles. The molecule has 8 heteroatoms. The standard InChI is InChI=1S/C13H12N.C7H7N4O2.Y/c1-10-4-3-5-12(8-10)13-9-11(2)6-7-14-13;1-10-5-4(8-3-9-5)6(12)11(2)7(10)13;/h3-9H,2H2,1H3;1-2H3,(H,8,9);/q2*-1;+3. The van der Waals surface area contributed by atoms with Gasteiger partial charge in [-0.15, -0.1) is 12.1 Å². The van der Waals surface area contributed by atoms with Gasteiger partial charge in [-0.1, -0.05) is 29.8 Å². The number of benzene rings is 1. The van der Waals surface area contributed by atoms with Gasteiger partial charge in [0.15, 0.2) is 0 Å². The van der Waals surface area contributed by atoms with Gasteiger partial charge in [-0.05, 0) is 24.2 Å². The van der Waals surface area contributed by atoms with Gasteiger partial charge in [0, 0.05) is 31.8 Å². The summed E-state index contributed by atoms with van der Waals surface area (Å²) in [5.74, 6) is 0. The third kappa shape index (κ3) is 4.48. The Morgan fingerprint density at radius 3 is 2.54 bits per heavy atom. The summed E-state index contributed by atoms with van der Waals surface area (Å²) in [7, 11) is 2.98. The van der Waals surface area contributed by atoms with Crippen molar-refractivity contribution in [2.75, 3.05) is 0 Å². The molecule has 0 aliphatic carbocycles. The van der Waals surface area contributed by atoms with Crippen molar-refractivity contribution in [1.29, 1.82) is 0 Å². The van der Waals surface area contributed by atoms with E-state index in [9.17, 15) is 9.59 Å². The van der Waals surface area contributed by atoms with Crippen LogP contribution in [0.25, 0.3) is 22.4 Å². The number of nitrogens with zero attached hydrogens (tertiary/aromatic N) is 4. The number of nitrogens with one attached hydrogen (secondary N) is 1. The van der Waals surface area contributed by atoms with Crippen molar-refractivity contribution < 1.29 is 32.7 Å². The summed E-state index contributed by atoms with van der Waals surface area (Å²) < 4.78 is 2.32. The van der Waals surface area contributed by atoms with Gasteiger partial charge in [-0.3, -0.25) is 14.3 Å². The summed E-state index contributed by atoms with van der Waals surface area (Å²) in [6.45, 7) is 5.97. The van der Waals surface area contributed by atoms with E-state index in [1.165, 1.54) is 17.2 Å². The number of fused-ring (bicyclic) bond motifs is 1. The first-order chi connectivity index (χ1) is 12.9. The first-order valence-electron chi connectivity index (χ1n) is 8.25. The average molecular weight is 450 g/mol. The first kappa shape index (κ1) is 21.8. The van der Waals surface area contributed by atoms with Gasteiger partial charge < -0.3 is 14.5 Å². The fourth-order valence-corrected chi connectivity index (χ4v) is 2.65. The normalized spacial score (nSPS) is 10.1. The van der Waals surface area contributed by atoms with E-state index >= 15 is 0 Å². The van der Waals surface area contributed by atoms with Gasteiger partial charge >= 0.3 is 38.4 Å². The number of pyridine rings is 1. The number of aromatic nitrogens is 5. The quantitative estimate of drug-likeness (QED) is 0.450. The summed E-state index contributed by atoms with van der Waals surface area (Å²) in [4.78, 5) is 33.4. The fourth-order valence-electron chi connectivity index (χ4n) is 2.65. The molecule has 0 aliphatic rings. The second-order valence-corrected chi connectivity index (χ2v) is 6.17. The molecule has 28 heavy (non-hydrogen) atoms. The van der Waals surface area contributed by atoms with Crippen LogP contribution in [0.3, 0.4) is 0 Å². The number of hydrogen-bond acceptors (Lipinski definition) is 4. The second-order valence-electron chi connectivity index (χ2n) is 6.17. The smallest absolute Gasteiger partial charge is 0.455 e. The Bertz CT molecular complexity index is 1180. The minimum atomic E-state index is -0.391. The van der Waals surface area contributed by atoms with Crippen LogP contribution < -0.4 is 11.2 Å². The molecule has 4 aromatic rings. The Labute approximate surface area is 187 Å². The number of H-pyrrole nitrogens is 1. The number of rotatable bonds is 1. The molecule has 0 radical (unpaired) electrons. The van der Waals surface area contributed by atoms with Crippen molar-refractivity contribution in [1.82, 2.24) is 24.1 Å². The maximum Gasteiger partial charge on any atom is 3.00 e. The van der Waals surface area contributed by atoms with Crippen LogP contribution in [0, 0.1) is 20.2 Å². The third-order valence-electron chi connectivity index (χ3n) is 4.11. The summed E-state index contributed by atoms with van der Waals surface area (Å²) in [5.41, 5.74) is 4.23. The molecular weight excluding hydrogens is 431 g/mol. The van der Waals surface area contributed by atoms with Gasteiger partial charge in [0.2, 0.25) is 5.56 Å². The van der Waals surface area contributed by atoms with Crippen LogP contribution in [0.5, 0.6) is 0 Å². The van der Waals surface area contributed by atoms with Gasteiger partial charge in [-0.2, -0.15) is 12.5 Å². The van der Waals surface area contributed by atoms with E-state index in [2.05, 4.69) is 53.3 Å². The molecule has 1 aromatic carbocycles. The van der Waals surface area contributed by atoms with Crippen molar-refractivity contribution in [2.45, 2.75) is 6.92 Å². The van der Waals surface area contributed by atoms with E-state index in [1.807, 2.05) is 18.2 Å². The molecular formula is C20H19N5O2Y+. The zero-order valence-corrected chi connectivity index (χ0v) is 18.8. The van der Waals surface area contributed by atoms with Gasteiger partial charge in [0.05, 0.1) is 0 Å². The molecule has 0 amide bonds.